The summed E-state index contributed by atoms with van der Waals surface area (Å²) in [7, 11) is 0. The highest BCUT2D eigenvalue weighted by molar-refractivity contribution is 5.94. The largest absolute Gasteiger partial charge is 0.484 e. The minimum absolute atomic E-state index is 0.0311. The molecule has 2 N–H and O–H groups in total. The average Bonchev–Trinajstić information content (AvgIpc) is 2.77. The lowest BCUT2D eigenvalue weighted by Gasteiger charge is -2.31. The zero-order valence-electron chi connectivity index (χ0n) is 17.3. The Hall–Kier alpha value is -3.09. The standard InChI is InChI=1S/C23H28N4O3/c1-16-8-10-27(11-9-16)21-6-2-17(13-24-21)14-25-23(29)15-30-19-4-5-20-18(12-19)3-7-22(28)26-20/h2,4-6,12-13,16H,3,7-11,14-15H2,1H3,(H,25,29)(H,26,28). The van der Waals surface area contributed by atoms with Crippen molar-refractivity contribution in [1.29, 1.82) is 0 Å². The van der Waals surface area contributed by atoms with E-state index >= 15 is 0 Å². The number of carbonyl (C=O) groups excluding carboxylic acids is 2. The molecule has 0 bridgehead atoms. The number of carbonyl (C=O) groups is 2. The van der Waals surface area contributed by atoms with Gasteiger partial charge in [0.05, 0.1) is 0 Å². The summed E-state index contributed by atoms with van der Waals surface area (Å²) in [5.41, 5.74) is 2.81. The van der Waals surface area contributed by atoms with Crippen molar-refractivity contribution in [3.8, 4) is 5.75 Å². The fourth-order valence-electron chi connectivity index (χ4n) is 3.80. The number of rotatable bonds is 6. The summed E-state index contributed by atoms with van der Waals surface area (Å²) in [5.74, 6) is 2.27. The molecule has 0 radical (unpaired) electrons. The Morgan fingerprint density at radius 1 is 1.23 bits per heavy atom. The normalized spacial score (nSPS) is 16.6. The molecular weight excluding hydrogens is 380 g/mol. The minimum Gasteiger partial charge on any atom is -0.484 e. The van der Waals surface area contributed by atoms with E-state index in [1.807, 2.05) is 30.5 Å². The SMILES string of the molecule is CC1CCN(c2ccc(CNC(=O)COc3ccc4c(c3)CCC(=O)N4)cn2)CC1. The quantitative estimate of drug-likeness (QED) is 0.768. The van der Waals surface area contributed by atoms with E-state index in [1.54, 1.807) is 6.07 Å². The van der Waals surface area contributed by atoms with Crippen molar-refractivity contribution in [3.63, 3.8) is 0 Å². The fourth-order valence-corrected chi connectivity index (χ4v) is 3.80. The molecule has 7 nitrogen and oxygen atoms in total. The predicted molar refractivity (Wildman–Crippen MR) is 116 cm³/mol. The number of hydrogen-bond donors (Lipinski definition) is 2. The van der Waals surface area contributed by atoms with E-state index < -0.39 is 0 Å². The van der Waals surface area contributed by atoms with Crippen molar-refractivity contribution < 1.29 is 14.3 Å². The molecular formula is C23H28N4O3. The maximum absolute atomic E-state index is 12.1. The third-order valence-electron chi connectivity index (χ3n) is 5.75. The van der Waals surface area contributed by atoms with Crippen molar-refractivity contribution in [2.24, 2.45) is 5.92 Å². The molecule has 0 spiro atoms. The van der Waals surface area contributed by atoms with E-state index in [-0.39, 0.29) is 18.4 Å². The molecule has 0 aliphatic carbocycles. The van der Waals surface area contributed by atoms with Gasteiger partial charge in [0.25, 0.3) is 5.91 Å². The number of hydrogen-bond acceptors (Lipinski definition) is 5. The molecule has 1 aromatic heterocycles. The molecule has 0 atom stereocenters. The number of fused-ring (bicyclic) bond motifs is 1. The van der Waals surface area contributed by atoms with Crippen LogP contribution in [0.4, 0.5) is 11.5 Å². The number of pyridine rings is 1. The Morgan fingerprint density at radius 2 is 2.07 bits per heavy atom. The summed E-state index contributed by atoms with van der Waals surface area (Å²) in [6.45, 7) is 4.77. The van der Waals surface area contributed by atoms with Crippen molar-refractivity contribution in [2.45, 2.75) is 39.2 Å². The summed E-state index contributed by atoms with van der Waals surface area (Å²) < 4.78 is 5.61. The second kappa shape index (κ2) is 9.15. The number of benzene rings is 1. The molecule has 1 aromatic carbocycles. The Kier molecular flexibility index (Phi) is 6.16. The van der Waals surface area contributed by atoms with Crippen LogP contribution in [0.2, 0.25) is 0 Å². The third-order valence-corrected chi connectivity index (χ3v) is 5.75. The number of aromatic nitrogens is 1. The lowest BCUT2D eigenvalue weighted by molar-refractivity contribution is -0.123. The molecule has 2 aliphatic heterocycles. The van der Waals surface area contributed by atoms with E-state index in [9.17, 15) is 9.59 Å². The number of piperidine rings is 1. The number of amides is 2. The van der Waals surface area contributed by atoms with Crippen molar-refractivity contribution in [2.75, 3.05) is 29.9 Å². The van der Waals surface area contributed by atoms with Gasteiger partial charge in [-0.3, -0.25) is 9.59 Å². The molecule has 4 rings (SSSR count). The van der Waals surface area contributed by atoms with Gasteiger partial charge < -0.3 is 20.3 Å². The molecule has 2 aromatic rings. The molecule has 2 aliphatic rings. The number of aryl methyl sites for hydroxylation is 1. The Morgan fingerprint density at radius 3 is 2.83 bits per heavy atom. The van der Waals surface area contributed by atoms with Gasteiger partial charge in [0.15, 0.2) is 6.61 Å². The summed E-state index contributed by atoms with van der Waals surface area (Å²) in [6.07, 6.45) is 5.40. The summed E-state index contributed by atoms with van der Waals surface area (Å²) >= 11 is 0. The van der Waals surface area contributed by atoms with E-state index in [0.29, 0.717) is 25.1 Å². The molecule has 30 heavy (non-hydrogen) atoms. The molecule has 1 saturated heterocycles. The zero-order valence-corrected chi connectivity index (χ0v) is 17.3. The first kappa shape index (κ1) is 20.2. The van der Waals surface area contributed by atoms with E-state index in [2.05, 4.69) is 27.4 Å². The van der Waals surface area contributed by atoms with Gasteiger partial charge in [0.1, 0.15) is 11.6 Å². The first-order valence-corrected chi connectivity index (χ1v) is 10.6. The topological polar surface area (TPSA) is 83.6 Å². The van der Waals surface area contributed by atoms with Crippen LogP contribution in [-0.2, 0) is 22.6 Å². The van der Waals surface area contributed by atoms with E-state index in [4.69, 9.17) is 4.74 Å². The number of nitrogens with one attached hydrogen (secondary N) is 2. The second-order valence-electron chi connectivity index (χ2n) is 8.13. The average molecular weight is 409 g/mol. The molecule has 2 amide bonds. The van der Waals surface area contributed by atoms with Gasteiger partial charge in [-0.05, 0) is 60.6 Å². The van der Waals surface area contributed by atoms with Gasteiger partial charge in [-0.2, -0.15) is 0 Å². The van der Waals surface area contributed by atoms with E-state index in [1.165, 1.54) is 12.8 Å². The summed E-state index contributed by atoms with van der Waals surface area (Å²) in [5, 5.41) is 5.70. The molecule has 0 unspecified atom stereocenters. The van der Waals surface area contributed by atoms with Crippen molar-refractivity contribution in [3.05, 3.63) is 47.7 Å². The summed E-state index contributed by atoms with van der Waals surface area (Å²) in [6, 6.07) is 9.50. The number of ether oxygens (including phenoxy) is 1. The third kappa shape index (κ3) is 5.09. The van der Waals surface area contributed by atoms with E-state index in [0.717, 1.165) is 41.6 Å². The molecule has 1 fully saturated rings. The number of nitrogens with zero attached hydrogens (tertiary/aromatic N) is 2. The van der Waals surface area contributed by atoms with Gasteiger partial charge in [-0.15, -0.1) is 0 Å². The van der Waals surface area contributed by atoms with Crippen LogP contribution >= 0.6 is 0 Å². The van der Waals surface area contributed by atoms with Gasteiger partial charge in [-0.1, -0.05) is 13.0 Å². The lowest BCUT2D eigenvalue weighted by atomic mass is 9.99. The maximum Gasteiger partial charge on any atom is 0.258 e. The lowest BCUT2D eigenvalue weighted by Crippen LogP contribution is -2.33. The van der Waals surface area contributed by atoms with Crippen LogP contribution in [-0.4, -0.2) is 36.5 Å². The van der Waals surface area contributed by atoms with Crippen LogP contribution in [0.1, 0.15) is 37.3 Å². The molecule has 158 valence electrons. The highest BCUT2D eigenvalue weighted by Crippen LogP contribution is 2.26. The van der Waals surface area contributed by atoms with Gasteiger partial charge in [-0.25, -0.2) is 4.98 Å². The first-order valence-electron chi connectivity index (χ1n) is 10.6. The molecule has 3 heterocycles. The van der Waals surface area contributed by atoms with Crippen LogP contribution < -0.4 is 20.3 Å². The monoisotopic (exact) mass is 408 g/mol. The number of anilines is 2. The van der Waals surface area contributed by atoms with Crippen molar-refractivity contribution >= 4 is 23.3 Å². The highest BCUT2D eigenvalue weighted by Gasteiger charge is 2.17. The van der Waals surface area contributed by atoms with Gasteiger partial charge in [0.2, 0.25) is 5.91 Å². The predicted octanol–water partition coefficient (Wildman–Crippen LogP) is 2.90. The van der Waals surface area contributed by atoms with Crippen LogP contribution in [0.3, 0.4) is 0 Å². The van der Waals surface area contributed by atoms with Crippen molar-refractivity contribution in [1.82, 2.24) is 10.3 Å². The molecule has 0 saturated carbocycles. The highest BCUT2D eigenvalue weighted by atomic mass is 16.5. The summed E-state index contributed by atoms with van der Waals surface area (Å²) in [4.78, 5) is 30.4. The van der Waals surface area contributed by atoms with Gasteiger partial charge >= 0.3 is 0 Å². The molecule has 7 heteroatoms. The Labute approximate surface area is 176 Å². The second-order valence-corrected chi connectivity index (χ2v) is 8.13. The van der Waals surface area contributed by atoms with Gasteiger partial charge in [0, 0.05) is 37.9 Å². The Bertz CT molecular complexity index is 905. The first-order chi connectivity index (χ1) is 14.6. The smallest absolute Gasteiger partial charge is 0.258 e. The van der Waals surface area contributed by atoms with Crippen LogP contribution in [0.25, 0.3) is 0 Å². The minimum atomic E-state index is -0.185. The Balaban J connectivity index is 1.23. The zero-order chi connectivity index (χ0) is 20.9. The van der Waals surface area contributed by atoms with Crippen LogP contribution in [0.15, 0.2) is 36.5 Å². The van der Waals surface area contributed by atoms with Crippen LogP contribution in [0.5, 0.6) is 5.75 Å². The van der Waals surface area contributed by atoms with Crippen LogP contribution in [0, 0.1) is 5.92 Å². The fraction of sp³-hybridized carbons (Fsp3) is 0.435. The maximum atomic E-state index is 12.1.